The average molecular weight is 297 g/mol. The van der Waals surface area contributed by atoms with Gasteiger partial charge in [0.25, 0.3) is 0 Å². The van der Waals surface area contributed by atoms with Crippen molar-refractivity contribution in [2.45, 2.75) is 13.5 Å². The van der Waals surface area contributed by atoms with E-state index in [1.807, 2.05) is 37.4 Å². The second-order valence-electron chi connectivity index (χ2n) is 4.64. The maximum atomic E-state index is 5.48. The van der Waals surface area contributed by atoms with E-state index in [0.717, 1.165) is 11.3 Å². The zero-order valence-corrected chi connectivity index (χ0v) is 12.3. The van der Waals surface area contributed by atoms with Crippen molar-refractivity contribution in [1.29, 1.82) is 0 Å². The molecule has 0 N–H and O–H groups in total. The number of methoxy groups -OCH3 is 1. The smallest absolute Gasteiger partial charge is 0.316 e. The third kappa shape index (κ3) is 3.03. The minimum Gasteiger partial charge on any atom is -0.494 e. The lowest BCUT2D eigenvalue weighted by Crippen LogP contribution is -2.00. The van der Waals surface area contributed by atoms with Crippen LogP contribution in [0.2, 0.25) is 0 Å². The first kappa shape index (κ1) is 14.0. The quantitative estimate of drug-likeness (QED) is 0.716. The lowest BCUT2D eigenvalue weighted by atomic mass is 10.2. The number of hydrogen-bond acceptors (Lipinski definition) is 6. The van der Waals surface area contributed by atoms with E-state index in [2.05, 4.69) is 20.3 Å². The van der Waals surface area contributed by atoms with Gasteiger partial charge in [-0.05, 0) is 18.6 Å². The summed E-state index contributed by atoms with van der Waals surface area (Å²) >= 11 is 0. The van der Waals surface area contributed by atoms with Gasteiger partial charge in [0.15, 0.2) is 5.75 Å². The van der Waals surface area contributed by atoms with Gasteiger partial charge in [0.05, 0.1) is 31.4 Å². The van der Waals surface area contributed by atoms with Crippen LogP contribution >= 0.6 is 0 Å². The molecular formula is C15H15N5O2. The molecule has 3 rings (SSSR count). The van der Waals surface area contributed by atoms with Crippen LogP contribution < -0.4 is 9.47 Å². The fraction of sp³-hybridized carbons (Fsp3) is 0.200. The van der Waals surface area contributed by atoms with Gasteiger partial charge in [-0.2, -0.15) is 9.97 Å². The molecule has 0 atom stereocenters. The monoisotopic (exact) mass is 297 g/mol. The summed E-state index contributed by atoms with van der Waals surface area (Å²) in [6.07, 6.45) is 4.92. The Balaban J connectivity index is 1.68. The van der Waals surface area contributed by atoms with Crippen molar-refractivity contribution in [2.75, 3.05) is 7.11 Å². The maximum Gasteiger partial charge on any atom is 0.316 e. The summed E-state index contributed by atoms with van der Waals surface area (Å²) < 4.78 is 12.2. The summed E-state index contributed by atoms with van der Waals surface area (Å²) in [5, 5.41) is 8.20. The van der Waals surface area contributed by atoms with Crippen LogP contribution in [0.5, 0.6) is 11.8 Å². The van der Waals surface area contributed by atoms with Crippen LogP contribution in [0, 0.1) is 6.92 Å². The summed E-state index contributed by atoms with van der Waals surface area (Å²) in [6, 6.07) is 8.23. The second-order valence-corrected chi connectivity index (χ2v) is 4.64. The number of ether oxygens (including phenoxy) is 2. The lowest BCUT2D eigenvalue weighted by Gasteiger charge is -2.03. The SMILES string of the molecule is COc1cnc(OCc2cn(-c3ccccc3C)nn2)nc1. The van der Waals surface area contributed by atoms with Gasteiger partial charge < -0.3 is 9.47 Å². The minimum absolute atomic E-state index is 0.248. The molecule has 0 saturated carbocycles. The van der Waals surface area contributed by atoms with Gasteiger partial charge in [0.2, 0.25) is 0 Å². The second kappa shape index (κ2) is 6.21. The van der Waals surface area contributed by atoms with E-state index in [0.29, 0.717) is 11.4 Å². The van der Waals surface area contributed by atoms with Crippen LogP contribution in [0.15, 0.2) is 42.9 Å². The van der Waals surface area contributed by atoms with Crippen LogP contribution in [0.4, 0.5) is 0 Å². The zero-order valence-electron chi connectivity index (χ0n) is 12.3. The Bertz CT molecular complexity index is 755. The number of nitrogens with zero attached hydrogens (tertiary/aromatic N) is 5. The van der Waals surface area contributed by atoms with Gasteiger partial charge in [0, 0.05) is 0 Å². The molecule has 2 heterocycles. The number of para-hydroxylation sites is 1. The Hall–Kier alpha value is -2.96. The van der Waals surface area contributed by atoms with Crippen molar-refractivity contribution in [3.05, 3.63) is 54.1 Å². The predicted octanol–water partition coefficient (Wildman–Crippen LogP) is 1.95. The largest absolute Gasteiger partial charge is 0.494 e. The molecule has 7 nitrogen and oxygen atoms in total. The Labute approximate surface area is 127 Å². The molecule has 0 saturated heterocycles. The van der Waals surface area contributed by atoms with Gasteiger partial charge in [0.1, 0.15) is 12.3 Å². The van der Waals surface area contributed by atoms with Crippen LogP contribution in [-0.4, -0.2) is 32.1 Å². The van der Waals surface area contributed by atoms with Crippen molar-refractivity contribution in [3.63, 3.8) is 0 Å². The predicted molar refractivity (Wildman–Crippen MR) is 79.0 cm³/mol. The normalized spacial score (nSPS) is 10.5. The van der Waals surface area contributed by atoms with Gasteiger partial charge in [-0.3, -0.25) is 0 Å². The molecule has 0 spiro atoms. The Morgan fingerprint density at radius 1 is 1.14 bits per heavy atom. The molecule has 3 aromatic rings. The molecular weight excluding hydrogens is 282 g/mol. The van der Waals surface area contributed by atoms with Crippen molar-refractivity contribution in [3.8, 4) is 17.4 Å². The molecule has 0 aliphatic rings. The summed E-state index contributed by atoms with van der Waals surface area (Å²) in [4.78, 5) is 8.06. The Kier molecular flexibility index (Phi) is 3.95. The third-order valence-electron chi connectivity index (χ3n) is 3.09. The first-order valence-electron chi connectivity index (χ1n) is 6.72. The molecule has 0 aliphatic carbocycles. The first-order chi connectivity index (χ1) is 10.8. The van der Waals surface area contributed by atoms with Crippen LogP contribution in [-0.2, 0) is 6.61 Å². The van der Waals surface area contributed by atoms with Crippen LogP contribution in [0.1, 0.15) is 11.3 Å². The van der Waals surface area contributed by atoms with Crippen molar-refractivity contribution >= 4 is 0 Å². The van der Waals surface area contributed by atoms with Gasteiger partial charge in [-0.25, -0.2) is 4.68 Å². The molecule has 0 bridgehead atoms. The number of benzene rings is 1. The minimum atomic E-state index is 0.248. The molecule has 7 heteroatoms. The van der Waals surface area contributed by atoms with E-state index in [1.165, 1.54) is 0 Å². The number of hydrogen-bond donors (Lipinski definition) is 0. The van der Waals surface area contributed by atoms with Gasteiger partial charge in [-0.15, -0.1) is 5.10 Å². The highest BCUT2D eigenvalue weighted by Gasteiger charge is 2.06. The number of rotatable bonds is 5. The lowest BCUT2D eigenvalue weighted by molar-refractivity contribution is 0.274. The number of aromatic nitrogens is 5. The first-order valence-corrected chi connectivity index (χ1v) is 6.72. The fourth-order valence-electron chi connectivity index (χ4n) is 1.93. The third-order valence-corrected chi connectivity index (χ3v) is 3.09. The van der Waals surface area contributed by atoms with Crippen molar-refractivity contribution < 1.29 is 9.47 Å². The highest BCUT2D eigenvalue weighted by atomic mass is 16.5. The fourth-order valence-corrected chi connectivity index (χ4v) is 1.93. The van der Waals surface area contributed by atoms with E-state index in [9.17, 15) is 0 Å². The molecule has 0 fully saturated rings. The summed E-state index contributed by atoms with van der Waals surface area (Å²) in [7, 11) is 1.56. The Morgan fingerprint density at radius 3 is 2.64 bits per heavy atom. The summed E-state index contributed by atoms with van der Waals surface area (Å²) in [6.45, 7) is 2.27. The molecule has 22 heavy (non-hydrogen) atoms. The molecule has 0 amide bonds. The van der Waals surface area contributed by atoms with E-state index >= 15 is 0 Å². The van der Waals surface area contributed by atoms with Gasteiger partial charge in [-0.1, -0.05) is 23.4 Å². The summed E-state index contributed by atoms with van der Waals surface area (Å²) in [5.74, 6) is 0.581. The van der Waals surface area contributed by atoms with E-state index < -0.39 is 0 Å². The topological polar surface area (TPSA) is 75.0 Å². The molecule has 0 radical (unpaired) electrons. The molecule has 112 valence electrons. The highest BCUT2D eigenvalue weighted by molar-refractivity contribution is 5.38. The molecule has 2 aromatic heterocycles. The summed E-state index contributed by atoms with van der Waals surface area (Å²) in [5.41, 5.74) is 2.81. The van der Waals surface area contributed by atoms with Crippen LogP contribution in [0.25, 0.3) is 5.69 Å². The van der Waals surface area contributed by atoms with Crippen molar-refractivity contribution in [2.24, 2.45) is 0 Å². The Morgan fingerprint density at radius 2 is 1.91 bits per heavy atom. The van der Waals surface area contributed by atoms with Gasteiger partial charge >= 0.3 is 6.01 Å². The van der Waals surface area contributed by atoms with E-state index in [-0.39, 0.29) is 12.6 Å². The standard InChI is InChI=1S/C15H15N5O2/c1-11-5-3-4-6-14(11)20-9-12(18-19-20)10-22-15-16-7-13(21-2)8-17-15/h3-9H,10H2,1-2H3. The van der Waals surface area contributed by atoms with Crippen molar-refractivity contribution in [1.82, 2.24) is 25.0 Å². The molecule has 0 unspecified atom stereocenters. The molecule has 1 aromatic carbocycles. The maximum absolute atomic E-state index is 5.48. The zero-order chi connectivity index (χ0) is 15.4. The highest BCUT2D eigenvalue weighted by Crippen LogP contribution is 2.13. The van der Waals surface area contributed by atoms with E-state index in [4.69, 9.17) is 9.47 Å². The van der Waals surface area contributed by atoms with Crippen LogP contribution in [0.3, 0.4) is 0 Å². The van der Waals surface area contributed by atoms with E-state index in [1.54, 1.807) is 24.2 Å². The average Bonchev–Trinajstić information content (AvgIpc) is 3.02. The number of aryl methyl sites for hydroxylation is 1. The molecule has 0 aliphatic heterocycles.